The van der Waals surface area contributed by atoms with Crippen LogP contribution in [-0.2, 0) is 27.8 Å². The quantitative estimate of drug-likeness (QED) is 0.113. The Kier molecular flexibility index (Phi) is 10.9. The lowest BCUT2D eigenvalue weighted by Crippen LogP contribution is -2.50. The number of nitrogens with zero attached hydrogens (tertiary/aromatic N) is 4. The lowest BCUT2D eigenvalue weighted by molar-refractivity contribution is -0.0500. The molecule has 1 aliphatic heterocycles. The van der Waals surface area contributed by atoms with Crippen LogP contribution in [0.1, 0.15) is 52.7 Å². The molecule has 16 heteroatoms. The van der Waals surface area contributed by atoms with Crippen LogP contribution >= 0.6 is 0 Å². The number of fused-ring (bicyclic) bond motifs is 2. The smallest absolute Gasteiger partial charge is 0.444 e. The Morgan fingerprint density at radius 3 is 2.03 bits per heavy atom. The van der Waals surface area contributed by atoms with Gasteiger partial charge in [0.15, 0.2) is 5.69 Å². The van der Waals surface area contributed by atoms with Gasteiger partial charge in [-0.15, -0.1) is 0 Å². The normalized spacial score (nSPS) is 14.3. The van der Waals surface area contributed by atoms with Gasteiger partial charge in [0.05, 0.1) is 22.8 Å². The van der Waals surface area contributed by atoms with Crippen LogP contribution in [0.15, 0.2) is 127 Å². The summed E-state index contributed by atoms with van der Waals surface area (Å²) in [6.07, 6.45) is -0.262. The van der Waals surface area contributed by atoms with E-state index in [9.17, 15) is 36.0 Å². The maximum atomic E-state index is 14.8. The molecule has 1 aromatic heterocycles. The lowest BCUT2D eigenvalue weighted by atomic mass is 9.93. The number of halogens is 3. The third-order valence-corrected chi connectivity index (χ3v) is 10.4. The Balaban J connectivity index is 1.36. The topological polar surface area (TPSA) is 140 Å². The van der Waals surface area contributed by atoms with E-state index in [1.54, 1.807) is 111 Å². The predicted octanol–water partition coefficient (Wildman–Crippen LogP) is 8.32. The summed E-state index contributed by atoms with van der Waals surface area (Å²) in [6, 6.07) is 34.1. The van der Waals surface area contributed by atoms with Gasteiger partial charge in [-0.2, -0.15) is 26.7 Å². The van der Waals surface area contributed by atoms with Crippen molar-refractivity contribution in [3.63, 3.8) is 0 Å². The summed E-state index contributed by atoms with van der Waals surface area (Å²) in [5.41, 5.74) is -3.62. The second kappa shape index (κ2) is 15.9. The highest BCUT2D eigenvalue weighted by molar-refractivity contribution is 7.88. The van der Waals surface area contributed by atoms with Crippen LogP contribution in [0.5, 0.6) is 5.75 Å². The Labute approximate surface area is 337 Å². The third kappa shape index (κ3) is 8.62. The molecular weight excluding hydrogens is 788 g/mol. The monoisotopic (exact) mass is 825 g/mol. The Bertz CT molecular complexity index is 2610. The predicted molar refractivity (Wildman–Crippen MR) is 214 cm³/mol. The molecule has 0 spiro atoms. The van der Waals surface area contributed by atoms with Crippen LogP contribution in [0.4, 0.5) is 29.3 Å². The molecule has 3 amide bonds. The number of hydrogen-bond donors (Lipinski definition) is 1. The second-order valence-corrected chi connectivity index (χ2v) is 16.2. The van der Waals surface area contributed by atoms with Crippen LogP contribution in [0.25, 0.3) is 16.6 Å². The molecule has 1 N–H and O–H groups in total. The number of ether oxygens (including phenoxy) is 1. The number of anilines is 2. The van der Waals surface area contributed by atoms with Crippen molar-refractivity contribution >= 4 is 50.3 Å². The summed E-state index contributed by atoms with van der Waals surface area (Å²) >= 11 is 0. The molecule has 0 saturated heterocycles. The van der Waals surface area contributed by atoms with Gasteiger partial charge in [-0.25, -0.2) is 9.48 Å². The largest absolute Gasteiger partial charge is 0.534 e. The molecule has 1 atom stereocenters. The van der Waals surface area contributed by atoms with E-state index >= 15 is 0 Å². The van der Waals surface area contributed by atoms with Gasteiger partial charge < -0.3 is 19.1 Å². The Morgan fingerprint density at radius 2 is 1.41 bits per heavy atom. The van der Waals surface area contributed by atoms with Crippen molar-refractivity contribution in [1.82, 2.24) is 20.0 Å². The van der Waals surface area contributed by atoms with Crippen LogP contribution in [0.3, 0.4) is 0 Å². The van der Waals surface area contributed by atoms with Gasteiger partial charge in [-0.3, -0.25) is 14.5 Å². The van der Waals surface area contributed by atoms with E-state index in [1.807, 2.05) is 24.3 Å². The fourth-order valence-corrected chi connectivity index (χ4v) is 7.27. The number of nitrogens with one attached hydrogen (secondary N) is 1. The standard InChI is InChI=1S/C43H38F3N5O7S/c1-42(2,3)57-41(54)47-26-32-24-28-14-10-11-15-29(28)27-49(32)39(52)35-20-12-13-21-36(35)51-37-25-33(58-59(55,56)43(44,45)46)22-23-34(37)38(48-51)40(53)50(30-16-6-4-7-17-30)31-18-8-5-9-19-31/h4-23,25,32H,24,26-27H2,1-3H3,(H,47,54)/t32-/m0/s1. The molecule has 5 aromatic carbocycles. The van der Waals surface area contributed by atoms with Gasteiger partial charge in [-0.1, -0.05) is 72.8 Å². The van der Waals surface area contributed by atoms with E-state index < -0.39 is 50.9 Å². The molecule has 12 nitrogen and oxygen atoms in total. The molecule has 0 fully saturated rings. The number of alkyl carbamates (subject to hydrolysis) is 1. The first-order chi connectivity index (χ1) is 28.0. The number of aromatic nitrogens is 2. The second-order valence-electron chi connectivity index (χ2n) is 14.7. The number of para-hydroxylation sites is 3. The molecular formula is C43H38F3N5O7S. The van der Waals surface area contributed by atoms with Gasteiger partial charge in [0.1, 0.15) is 11.4 Å². The van der Waals surface area contributed by atoms with Crippen LogP contribution in [0.2, 0.25) is 0 Å². The van der Waals surface area contributed by atoms with Crippen molar-refractivity contribution in [2.45, 2.75) is 50.9 Å². The fourth-order valence-electron chi connectivity index (χ4n) is 6.82. The maximum absolute atomic E-state index is 14.8. The molecule has 7 rings (SSSR count). The van der Waals surface area contributed by atoms with Crippen molar-refractivity contribution in [2.75, 3.05) is 11.4 Å². The van der Waals surface area contributed by atoms with Gasteiger partial charge in [0.2, 0.25) is 0 Å². The fraction of sp³-hybridized carbons (Fsp3) is 0.209. The Morgan fingerprint density at radius 1 is 0.814 bits per heavy atom. The first-order valence-corrected chi connectivity index (χ1v) is 19.8. The number of amides is 3. The van der Waals surface area contributed by atoms with Crippen molar-refractivity contribution in [1.29, 1.82) is 0 Å². The lowest BCUT2D eigenvalue weighted by Gasteiger charge is -2.37. The van der Waals surface area contributed by atoms with Gasteiger partial charge in [0, 0.05) is 35.9 Å². The summed E-state index contributed by atoms with van der Waals surface area (Å²) in [6.45, 7) is 5.42. The molecule has 6 aromatic rings. The van der Waals surface area contributed by atoms with E-state index in [0.29, 0.717) is 17.8 Å². The van der Waals surface area contributed by atoms with Crippen molar-refractivity contribution in [3.05, 3.63) is 150 Å². The SMILES string of the molecule is CC(C)(C)OC(=O)NC[C@@H]1Cc2ccccc2CN1C(=O)c1ccccc1-n1nc(C(=O)N(c2ccccc2)c2ccccc2)c2ccc(OS(=O)(=O)C(F)(F)F)cc21. The number of benzene rings is 5. The summed E-state index contributed by atoms with van der Waals surface area (Å²) in [7, 11) is -6.09. The molecule has 2 heterocycles. The van der Waals surface area contributed by atoms with Crippen LogP contribution < -0.4 is 14.4 Å². The van der Waals surface area contributed by atoms with Gasteiger partial charge >= 0.3 is 21.7 Å². The van der Waals surface area contributed by atoms with E-state index in [1.165, 1.54) is 15.6 Å². The van der Waals surface area contributed by atoms with Gasteiger partial charge in [0.25, 0.3) is 11.8 Å². The number of alkyl halides is 3. The molecule has 0 saturated carbocycles. The highest BCUT2D eigenvalue weighted by Gasteiger charge is 2.48. The van der Waals surface area contributed by atoms with E-state index in [-0.39, 0.29) is 40.9 Å². The van der Waals surface area contributed by atoms with Crippen LogP contribution in [0, 0.1) is 0 Å². The number of rotatable bonds is 9. The summed E-state index contributed by atoms with van der Waals surface area (Å²) in [5, 5.41) is 7.61. The maximum Gasteiger partial charge on any atom is 0.534 e. The minimum atomic E-state index is -6.09. The van der Waals surface area contributed by atoms with E-state index in [0.717, 1.165) is 23.3 Å². The number of carbonyl (C=O) groups excluding carboxylic acids is 3. The number of carbonyl (C=O) groups is 3. The minimum Gasteiger partial charge on any atom is -0.444 e. The zero-order chi connectivity index (χ0) is 42.1. The van der Waals surface area contributed by atoms with Crippen molar-refractivity contribution in [3.8, 4) is 11.4 Å². The highest BCUT2D eigenvalue weighted by Crippen LogP contribution is 2.35. The highest BCUT2D eigenvalue weighted by atomic mass is 32.2. The van der Waals surface area contributed by atoms with E-state index in [2.05, 4.69) is 9.50 Å². The molecule has 0 unspecified atom stereocenters. The first-order valence-electron chi connectivity index (χ1n) is 18.4. The molecule has 0 radical (unpaired) electrons. The Hall–Kier alpha value is -6.68. The third-order valence-electron chi connectivity index (χ3n) is 9.44. The number of hydrogen-bond acceptors (Lipinski definition) is 8. The molecule has 0 aliphatic carbocycles. The molecule has 304 valence electrons. The summed E-state index contributed by atoms with van der Waals surface area (Å²) in [5.74, 6) is -1.82. The van der Waals surface area contributed by atoms with Gasteiger partial charge in [-0.05, 0) is 86.8 Å². The molecule has 1 aliphatic rings. The van der Waals surface area contributed by atoms with Crippen molar-refractivity contribution in [2.24, 2.45) is 0 Å². The summed E-state index contributed by atoms with van der Waals surface area (Å²) < 4.78 is 75.8. The summed E-state index contributed by atoms with van der Waals surface area (Å²) in [4.78, 5) is 45.3. The zero-order valence-electron chi connectivity index (χ0n) is 32.0. The minimum absolute atomic E-state index is 0.0309. The zero-order valence-corrected chi connectivity index (χ0v) is 32.8. The average molecular weight is 826 g/mol. The van der Waals surface area contributed by atoms with E-state index in [4.69, 9.17) is 9.84 Å². The van der Waals surface area contributed by atoms with Crippen molar-refractivity contribution < 1.29 is 44.9 Å². The molecule has 0 bridgehead atoms. The average Bonchev–Trinajstić information content (AvgIpc) is 3.58. The molecule has 59 heavy (non-hydrogen) atoms. The first kappa shape index (κ1) is 40.5. The van der Waals surface area contributed by atoms with Crippen LogP contribution in [-0.4, -0.2) is 64.7 Å².